The van der Waals surface area contributed by atoms with Crippen LogP contribution in [0.5, 0.6) is 0 Å². The first-order valence-corrected chi connectivity index (χ1v) is 4.51. The summed E-state index contributed by atoms with van der Waals surface area (Å²) in [4.78, 5) is 23.5. The molecule has 0 aliphatic carbocycles. The van der Waals surface area contributed by atoms with Crippen LogP contribution in [0.2, 0.25) is 0 Å². The number of halogens is 1. The van der Waals surface area contributed by atoms with Gasteiger partial charge in [-0.15, -0.1) is 0 Å². The van der Waals surface area contributed by atoms with E-state index in [1.165, 1.54) is 18.3 Å². The van der Waals surface area contributed by atoms with E-state index in [9.17, 15) is 14.9 Å². The zero-order chi connectivity index (χ0) is 11.4. The highest BCUT2D eigenvalue weighted by Crippen LogP contribution is 2.21. The number of carboxylic acids is 1. The number of pyridine rings is 1. The summed E-state index contributed by atoms with van der Waals surface area (Å²) in [7, 11) is 0. The van der Waals surface area contributed by atoms with E-state index in [2.05, 4.69) is 20.9 Å². The lowest BCUT2D eigenvalue weighted by Gasteiger charge is -1.95. The van der Waals surface area contributed by atoms with Gasteiger partial charge in [-0.1, -0.05) is 0 Å². The Morgan fingerprint density at radius 2 is 2.33 bits per heavy atom. The molecule has 15 heavy (non-hydrogen) atoms. The number of hydrogen-bond donors (Lipinski definition) is 1. The van der Waals surface area contributed by atoms with Gasteiger partial charge in [-0.05, 0) is 31.9 Å². The van der Waals surface area contributed by atoms with Gasteiger partial charge in [0.1, 0.15) is 6.20 Å². The Bertz CT molecular complexity index is 444. The Kier molecular flexibility index (Phi) is 3.51. The zero-order valence-electron chi connectivity index (χ0n) is 7.25. The number of rotatable bonds is 3. The molecule has 6 nitrogen and oxygen atoms in total. The molecule has 0 aliphatic heterocycles. The predicted octanol–water partition coefficient (Wildman–Crippen LogP) is 1.85. The average molecular weight is 273 g/mol. The van der Waals surface area contributed by atoms with Gasteiger partial charge in [0.05, 0.1) is 6.07 Å². The lowest BCUT2D eigenvalue weighted by Crippen LogP contribution is -1.93. The zero-order valence-corrected chi connectivity index (χ0v) is 8.84. The van der Waals surface area contributed by atoms with E-state index in [1.54, 1.807) is 0 Å². The second kappa shape index (κ2) is 4.65. The van der Waals surface area contributed by atoms with Gasteiger partial charge in [-0.25, -0.2) is 4.79 Å². The van der Waals surface area contributed by atoms with E-state index < -0.39 is 10.9 Å². The standard InChI is InChI=1S/C8H5BrN2O4/c9-6-3-7(11(14)15)10-4-5(6)1-2-8(12)13/h1-4H,(H,12,13)/b2-1+. The summed E-state index contributed by atoms with van der Waals surface area (Å²) in [5, 5.41) is 18.7. The summed E-state index contributed by atoms with van der Waals surface area (Å²) >= 11 is 3.08. The van der Waals surface area contributed by atoms with Crippen LogP contribution < -0.4 is 0 Å². The fourth-order valence-electron chi connectivity index (χ4n) is 0.815. The lowest BCUT2D eigenvalue weighted by atomic mass is 10.2. The molecular formula is C8H5BrN2O4. The Morgan fingerprint density at radius 3 is 2.80 bits per heavy atom. The highest BCUT2D eigenvalue weighted by atomic mass is 79.9. The van der Waals surface area contributed by atoms with Crippen LogP contribution in [-0.4, -0.2) is 21.0 Å². The van der Waals surface area contributed by atoms with Crippen LogP contribution in [0.1, 0.15) is 5.56 Å². The maximum Gasteiger partial charge on any atom is 0.364 e. The molecule has 1 heterocycles. The van der Waals surface area contributed by atoms with Gasteiger partial charge in [-0.2, -0.15) is 0 Å². The van der Waals surface area contributed by atoms with Crippen LogP contribution in [0.15, 0.2) is 22.8 Å². The first-order chi connectivity index (χ1) is 7.00. The van der Waals surface area contributed by atoms with E-state index in [1.807, 2.05) is 0 Å². The van der Waals surface area contributed by atoms with Crippen molar-refractivity contribution >= 4 is 33.8 Å². The second-order valence-electron chi connectivity index (χ2n) is 2.49. The Morgan fingerprint density at radius 1 is 1.67 bits per heavy atom. The number of nitro groups is 1. The summed E-state index contributed by atoms with van der Waals surface area (Å²) in [6, 6.07) is 1.21. The molecule has 0 aliphatic rings. The smallest absolute Gasteiger partial charge is 0.364 e. The molecule has 0 radical (unpaired) electrons. The Balaban J connectivity index is 3.03. The van der Waals surface area contributed by atoms with Gasteiger partial charge in [-0.3, -0.25) is 0 Å². The monoisotopic (exact) mass is 272 g/mol. The summed E-state index contributed by atoms with van der Waals surface area (Å²) in [6.45, 7) is 0. The molecule has 0 amide bonds. The van der Waals surface area contributed by atoms with Crippen molar-refractivity contribution in [3.63, 3.8) is 0 Å². The molecular weight excluding hydrogens is 268 g/mol. The highest BCUT2D eigenvalue weighted by Gasteiger charge is 2.09. The highest BCUT2D eigenvalue weighted by molar-refractivity contribution is 9.10. The molecule has 0 saturated carbocycles. The number of aromatic nitrogens is 1. The average Bonchev–Trinajstić information content (AvgIpc) is 2.15. The van der Waals surface area contributed by atoms with Crippen LogP contribution in [0, 0.1) is 10.1 Å². The Hall–Kier alpha value is -1.76. The summed E-state index contributed by atoms with van der Waals surface area (Å²) in [5.41, 5.74) is 0.461. The van der Waals surface area contributed by atoms with E-state index in [0.29, 0.717) is 10.0 Å². The minimum absolute atomic E-state index is 0.297. The van der Waals surface area contributed by atoms with Crippen LogP contribution in [0.25, 0.3) is 6.08 Å². The van der Waals surface area contributed by atoms with Crippen molar-refractivity contribution in [3.8, 4) is 0 Å². The van der Waals surface area contributed by atoms with E-state index in [4.69, 9.17) is 5.11 Å². The molecule has 78 valence electrons. The number of carboxylic acid groups (broad SMARTS) is 1. The van der Waals surface area contributed by atoms with Crippen molar-refractivity contribution < 1.29 is 14.8 Å². The van der Waals surface area contributed by atoms with Gasteiger partial charge < -0.3 is 15.2 Å². The van der Waals surface area contributed by atoms with Crippen molar-refractivity contribution in [2.45, 2.75) is 0 Å². The van der Waals surface area contributed by atoms with E-state index >= 15 is 0 Å². The fourth-order valence-corrected chi connectivity index (χ4v) is 1.25. The number of nitrogens with zero attached hydrogens (tertiary/aromatic N) is 2. The number of aliphatic carboxylic acids is 1. The minimum Gasteiger partial charge on any atom is -0.478 e. The third-order valence-corrected chi connectivity index (χ3v) is 2.15. The van der Waals surface area contributed by atoms with Gasteiger partial charge in [0.15, 0.2) is 0 Å². The SMILES string of the molecule is O=C(O)/C=C/c1cnc([N+](=O)[O-])cc1Br. The summed E-state index contributed by atoms with van der Waals surface area (Å²) < 4.78 is 0.418. The maximum atomic E-state index is 10.3. The van der Waals surface area contributed by atoms with Crippen LogP contribution in [0.4, 0.5) is 5.82 Å². The fraction of sp³-hybridized carbons (Fsp3) is 0. The first kappa shape index (κ1) is 11.3. The van der Waals surface area contributed by atoms with Gasteiger partial charge >= 0.3 is 11.8 Å². The first-order valence-electron chi connectivity index (χ1n) is 3.71. The molecule has 0 bridgehead atoms. The summed E-state index contributed by atoms with van der Waals surface area (Å²) in [5.74, 6) is -1.39. The molecule has 0 spiro atoms. The van der Waals surface area contributed by atoms with Gasteiger partial charge in [0, 0.05) is 16.1 Å². The predicted molar refractivity (Wildman–Crippen MR) is 55.3 cm³/mol. The molecule has 0 aromatic carbocycles. The normalized spacial score (nSPS) is 10.5. The quantitative estimate of drug-likeness (QED) is 0.515. The molecule has 0 atom stereocenters. The largest absolute Gasteiger partial charge is 0.478 e. The molecule has 1 aromatic heterocycles. The molecule has 1 rings (SSSR count). The molecule has 1 aromatic rings. The Labute approximate surface area is 92.5 Å². The minimum atomic E-state index is -1.10. The van der Waals surface area contributed by atoms with Crippen LogP contribution >= 0.6 is 15.9 Å². The van der Waals surface area contributed by atoms with Crippen molar-refractivity contribution in [2.24, 2.45) is 0 Å². The van der Waals surface area contributed by atoms with Crippen molar-refractivity contribution in [1.82, 2.24) is 4.98 Å². The van der Waals surface area contributed by atoms with Gasteiger partial charge in [0.25, 0.3) is 0 Å². The molecule has 0 unspecified atom stereocenters. The van der Waals surface area contributed by atoms with Crippen molar-refractivity contribution in [2.75, 3.05) is 0 Å². The topological polar surface area (TPSA) is 93.3 Å². The number of hydrogen-bond acceptors (Lipinski definition) is 4. The third-order valence-electron chi connectivity index (χ3n) is 1.46. The van der Waals surface area contributed by atoms with Crippen LogP contribution in [0.3, 0.4) is 0 Å². The molecule has 0 saturated heterocycles. The lowest BCUT2D eigenvalue weighted by molar-refractivity contribution is -0.389. The van der Waals surface area contributed by atoms with E-state index in [0.717, 1.165) is 6.08 Å². The second-order valence-corrected chi connectivity index (χ2v) is 3.35. The van der Waals surface area contributed by atoms with Crippen molar-refractivity contribution in [3.05, 3.63) is 38.5 Å². The summed E-state index contributed by atoms with van der Waals surface area (Å²) in [6.07, 6.45) is 3.44. The molecule has 0 fully saturated rings. The van der Waals surface area contributed by atoms with E-state index in [-0.39, 0.29) is 5.82 Å². The third kappa shape index (κ3) is 3.13. The van der Waals surface area contributed by atoms with Gasteiger partial charge in [0.2, 0.25) is 0 Å². The maximum absolute atomic E-state index is 10.3. The molecule has 1 N–H and O–H groups in total. The van der Waals surface area contributed by atoms with Crippen molar-refractivity contribution in [1.29, 1.82) is 0 Å². The van der Waals surface area contributed by atoms with Crippen LogP contribution in [-0.2, 0) is 4.79 Å². The number of carbonyl (C=O) groups is 1. The molecule has 7 heteroatoms.